The summed E-state index contributed by atoms with van der Waals surface area (Å²) in [5.74, 6) is 4.18. The standard InChI is InChI=1S/C25H43NO2/c1-24-9-3-4-19(24)22-20(8-10-24)25(2)11-7-16(5-6-17-13-26-14-17)12-21(25)18(15-27)23(22)28/h16-23,26-28H,3-15H2,1-2H3/t16-,18+,19-,20-,21?,22-,23+,24-,25+/m0/s1. The predicted molar refractivity (Wildman–Crippen MR) is 113 cm³/mol. The van der Waals surface area contributed by atoms with Crippen molar-refractivity contribution in [1.82, 2.24) is 5.32 Å². The third-order valence-corrected chi connectivity index (χ3v) is 10.9. The minimum atomic E-state index is -0.273. The second-order valence-electron chi connectivity index (χ2n) is 12.1. The van der Waals surface area contributed by atoms with Crippen molar-refractivity contribution in [3.8, 4) is 0 Å². The number of rotatable bonds is 4. The average Bonchev–Trinajstić information content (AvgIpc) is 3.03. The molecule has 0 aromatic rings. The highest BCUT2D eigenvalue weighted by molar-refractivity contribution is 5.12. The molecule has 28 heavy (non-hydrogen) atoms. The summed E-state index contributed by atoms with van der Waals surface area (Å²) in [5, 5.41) is 25.4. The minimum absolute atomic E-state index is 0.113. The van der Waals surface area contributed by atoms with Crippen molar-refractivity contribution in [2.45, 2.75) is 84.2 Å². The maximum absolute atomic E-state index is 11.6. The molecule has 0 spiro atoms. The molecule has 0 aromatic heterocycles. The van der Waals surface area contributed by atoms with E-state index in [0.29, 0.717) is 34.5 Å². The fraction of sp³-hybridized carbons (Fsp3) is 1.00. The summed E-state index contributed by atoms with van der Waals surface area (Å²) in [6.45, 7) is 7.69. The maximum atomic E-state index is 11.6. The van der Waals surface area contributed by atoms with E-state index in [1.807, 2.05) is 0 Å². The van der Waals surface area contributed by atoms with Crippen molar-refractivity contribution < 1.29 is 10.2 Å². The molecule has 0 aromatic carbocycles. The fourth-order valence-corrected chi connectivity index (χ4v) is 9.05. The Hall–Kier alpha value is -0.120. The van der Waals surface area contributed by atoms with Gasteiger partial charge in [0.05, 0.1) is 6.10 Å². The van der Waals surface area contributed by atoms with Crippen LogP contribution in [0.25, 0.3) is 0 Å². The van der Waals surface area contributed by atoms with Gasteiger partial charge in [0.2, 0.25) is 0 Å². The van der Waals surface area contributed by atoms with Gasteiger partial charge in [0, 0.05) is 12.5 Å². The minimum Gasteiger partial charge on any atom is -0.396 e. The zero-order valence-corrected chi connectivity index (χ0v) is 18.2. The molecule has 160 valence electrons. The van der Waals surface area contributed by atoms with Gasteiger partial charge in [-0.2, -0.15) is 0 Å². The highest BCUT2D eigenvalue weighted by Crippen LogP contribution is 2.67. The molecule has 1 unspecified atom stereocenters. The monoisotopic (exact) mass is 389 g/mol. The van der Waals surface area contributed by atoms with E-state index in [0.717, 1.165) is 11.8 Å². The van der Waals surface area contributed by atoms with Crippen LogP contribution in [0.1, 0.15) is 78.1 Å². The lowest BCUT2D eigenvalue weighted by Gasteiger charge is -2.64. The molecular weight excluding hydrogens is 346 g/mol. The number of aliphatic hydroxyl groups is 2. The first-order valence-corrected chi connectivity index (χ1v) is 12.5. The van der Waals surface area contributed by atoms with Crippen molar-refractivity contribution in [3.63, 3.8) is 0 Å². The molecule has 4 aliphatic carbocycles. The van der Waals surface area contributed by atoms with Gasteiger partial charge in [-0.1, -0.05) is 26.7 Å². The first-order valence-electron chi connectivity index (χ1n) is 12.5. The molecule has 1 heterocycles. The topological polar surface area (TPSA) is 52.5 Å². The zero-order valence-electron chi connectivity index (χ0n) is 18.2. The van der Waals surface area contributed by atoms with E-state index in [4.69, 9.17) is 0 Å². The van der Waals surface area contributed by atoms with Gasteiger partial charge in [-0.25, -0.2) is 0 Å². The number of nitrogens with one attached hydrogen (secondary N) is 1. The Kier molecular flexibility index (Phi) is 5.12. The first-order chi connectivity index (χ1) is 13.5. The van der Waals surface area contributed by atoms with Gasteiger partial charge in [0.1, 0.15) is 0 Å². The number of fused-ring (bicyclic) bond motifs is 5. The molecule has 1 aliphatic heterocycles. The molecule has 4 saturated carbocycles. The van der Waals surface area contributed by atoms with Crippen LogP contribution in [0.5, 0.6) is 0 Å². The molecule has 5 aliphatic rings. The van der Waals surface area contributed by atoms with Gasteiger partial charge in [-0.05, 0) is 111 Å². The number of hydrogen-bond donors (Lipinski definition) is 3. The van der Waals surface area contributed by atoms with Crippen LogP contribution in [-0.2, 0) is 0 Å². The molecule has 9 atom stereocenters. The lowest BCUT2D eigenvalue weighted by molar-refractivity contribution is -0.201. The molecule has 1 saturated heterocycles. The third kappa shape index (κ3) is 2.94. The van der Waals surface area contributed by atoms with Crippen LogP contribution in [0.3, 0.4) is 0 Å². The molecule has 0 amide bonds. The zero-order chi connectivity index (χ0) is 19.5. The van der Waals surface area contributed by atoms with E-state index in [9.17, 15) is 10.2 Å². The molecule has 5 rings (SSSR count). The van der Waals surface area contributed by atoms with Crippen LogP contribution in [-0.4, -0.2) is 36.0 Å². The molecular formula is C25H43NO2. The Balaban J connectivity index is 1.37. The third-order valence-electron chi connectivity index (χ3n) is 10.9. The van der Waals surface area contributed by atoms with E-state index in [2.05, 4.69) is 19.2 Å². The summed E-state index contributed by atoms with van der Waals surface area (Å²) in [6, 6.07) is 0. The van der Waals surface area contributed by atoms with Crippen LogP contribution < -0.4 is 5.32 Å². The van der Waals surface area contributed by atoms with E-state index >= 15 is 0 Å². The van der Waals surface area contributed by atoms with E-state index < -0.39 is 0 Å². The lowest BCUT2D eigenvalue weighted by Crippen LogP contribution is -2.62. The maximum Gasteiger partial charge on any atom is 0.0627 e. The Morgan fingerprint density at radius 3 is 2.39 bits per heavy atom. The fourth-order valence-electron chi connectivity index (χ4n) is 9.05. The van der Waals surface area contributed by atoms with Gasteiger partial charge in [-0.3, -0.25) is 0 Å². The SMILES string of the molecule is C[C@@]12CCC[C@H]1[C@@H]1[C@H](O)[C@H](CO)C3C[C@@H](CCC4CNC4)CC[C@]3(C)[C@H]1CC2. The Bertz CT molecular complexity index is 577. The smallest absolute Gasteiger partial charge is 0.0627 e. The van der Waals surface area contributed by atoms with Gasteiger partial charge >= 0.3 is 0 Å². The largest absolute Gasteiger partial charge is 0.396 e. The van der Waals surface area contributed by atoms with Crippen molar-refractivity contribution >= 4 is 0 Å². The molecule has 3 heteroatoms. The summed E-state index contributed by atoms with van der Waals surface area (Å²) in [6.07, 6.45) is 13.1. The van der Waals surface area contributed by atoms with Crippen molar-refractivity contribution in [1.29, 1.82) is 0 Å². The van der Waals surface area contributed by atoms with Crippen molar-refractivity contribution in [2.24, 2.45) is 52.3 Å². The summed E-state index contributed by atoms with van der Waals surface area (Å²) >= 11 is 0. The van der Waals surface area contributed by atoms with Crippen LogP contribution in [0.15, 0.2) is 0 Å². The molecule has 0 radical (unpaired) electrons. The van der Waals surface area contributed by atoms with Gasteiger partial charge in [-0.15, -0.1) is 0 Å². The van der Waals surface area contributed by atoms with Gasteiger partial charge < -0.3 is 15.5 Å². The quantitative estimate of drug-likeness (QED) is 0.675. The Labute approximate surface area is 172 Å². The van der Waals surface area contributed by atoms with Crippen molar-refractivity contribution in [2.75, 3.05) is 19.7 Å². The summed E-state index contributed by atoms with van der Waals surface area (Å²) in [5.41, 5.74) is 0.801. The molecule has 3 N–H and O–H groups in total. The number of aliphatic hydroxyl groups excluding tert-OH is 2. The Morgan fingerprint density at radius 1 is 0.893 bits per heavy atom. The van der Waals surface area contributed by atoms with Crippen molar-refractivity contribution in [3.05, 3.63) is 0 Å². The van der Waals surface area contributed by atoms with Gasteiger partial charge in [0.15, 0.2) is 0 Å². The predicted octanol–water partition coefficient (Wildman–Crippen LogP) is 4.22. The summed E-state index contributed by atoms with van der Waals surface area (Å²) in [4.78, 5) is 0. The first kappa shape index (κ1) is 19.8. The van der Waals surface area contributed by atoms with Crippen LogP contribution >= 0.6 is 0 Å². The number of hydrogen-bond acceptors (Lipinski definition) is 3. The second-order valence-corrected chi connectivity index (χ2v) is 12.1. The van der Waals surface area contributed by atoms with Gasteiger partial charge in [0.25, 0.3) is 0 Å². The normalized spacial score (nSPS) is 53.8. The Morgan fingerprint density at radius 2 is 1.68 bits per heavy atom. The molecule has 5 fully saturated rings. The van der Waals surface area contributed by atoms with Crippen LogP contribution in [0, 0.1) is 52.3 Å². The molecule has 3 nitrogen and oxygen atoms in total. The van der Waals surface area contributed by atoms with Crippen LogP contribution in [0.4, 0.5) is 0 Å². The lowest BCUT2D eigenvalue weighted by atomic mass is 9.42. The second kappa shape index (κ2) is 7.24. The molecule has 0 bridgehead atoms. The average molecular weight is 390 g/mol. The van der Waals surface area contributed by atoms with E-state index in [1.54, 1.807) is 0 Å². The van der Waals surface area contributed by atoms with E-state index in [-0.39, 0.29) is 18.6 Å². The van der Waals surface area contributed by atoms with E-state index in [1.165, 1.54) is 77.3 Å². The van der Waals surface area contributed by atoms with Crippen LogP contribution in [0.2, 0.25) is 0 Å². The summed E-state index contributed by atoms with van der Waals surface area (Å²) < 4.78 is 0. The highest BCUT2D eigenvalue weighted by atomic mass is 16.3. The summed E-state index contributed by atoms with van der Waals surface area (Å²) in [7, 11) is 0. The highest BCUT2D eigenvalue weighted by Gasteiger charge is 2.63.